The average Bonchev–Trinajstić information content (AvgIpc) is 3.17. The van der Waals surface area contributed by atoms with Gasteiger partial charge < -0.3 is 15.5 Å². The lowest BCUT2D eigenvalue weighted by molar-refractivity contribution is 0.251. The molecule has 2 N–H and O–H groups in total. The number of hydrogen-bond donors (Lipinski definition) is 2. The molecule has 0 saturated carbocycles. The first kappa shape index (κ1) is 17.3. The Morgan fingerprint density at radius 2 is 1.80 bits per heavy atom. The van der Waals surface area contributed by atoms with E-state index in [1.54, 1.807) is 0 Å². The van der Waals surface area contributed by atoms with E-state index in [4.69, 9.17) is 0 Å². The second kappa shape index (κ2) is 8.51. The second-order valence-corrected chi connectivity index (χ2v) is 6.47. The van der Waals surface area contributed by atoms with E-state index in [9.17, 15) is 4.79 Å². The van der Waals surface area contributed by atoms with E-state index in [1.165, 1.54) is 18.4 Å². The normalized spacial score (nSPS) is 13.7. The van der Waals surface area contributed by atoms with Gasteiger partial charge in [0.15, 0.2) is 0 Å². The van der Waals surface area contributed by atoms with Crippen LogP contribution in [0.15, 0.2) is 42.6 Å². The average molecular weight is 338 g/mol. The van der Waals surface area contributed by atoms with Crippen LogP contribution in [-0.2, 0) is 13.0 Å². The largest absolute Gasteiger partial charge is 0.357 e. The molecule has 0 aliphatic carbocycles. The third-order valence-corrected chi connectivity index (χ3v) is 4.44. The maximum atomic E-state index is 12.0. The van der Waals surface area contributed by atoms with Gasteiger partial charge in [-0.3, -0.25) is 0 Å². The molecule has 2 aromatic rings. The lowest BCUT2D eigenvalue weighted by Gasteiger charge is -2.16. The summed E-state index contributed by atoms with van der Waals surface area (Å²) in [6, 6.07) is 11.9. The van der Waals surface area contributed by atoms with E-state index in [0.29, 0.717) is 6.54 Å². The predicted molar refractivity (Wildman–Crippen MR) is 102 cm³/mol. The fraction of sp³-hybridized carbons (Fsp3) is 0.400. The first-order valence-electron chi connectivity index (χ1n) is 9.08. The molecule has 5 heteroatoms. The molecule has 1 aliphatic heterocycles. The van der Waals surface area contributed by atoms with E-state index in [0.717, 1.165) is 43.0 Å². The summed E-state index contributed by atoms with van der Waals surface area (Å²) in [5.74, 6) is 1.03. The van der Waals surface area contributed by atoms with Gasteiger partial charge in [0.25, 0.3) is 0 Å². The van der Waals surface area contributed by atoms with Gasteiger partial charge in [-0.05, 0) is 48.6 Å². The van der Waals surface area contributed by atoms with Gasteiger partial charge in [0.05, 0.1) is 0 Å². The Bertz CT molecular complexity index is 676. The molecule has 1 fully saturated rings. The van der Waals surface area contributed by atoms with Crippen molar-refractivity contribution >= 4 is 17.5 Å². The van der Waals surface area contributed by atoms with Crippen LogP contribution in [0.3, 0.4) is 0 Å². The molecular formula is C20H26N4O. The highest BCUT2D eigenvalue weighted by molar-refractivity contribution is 5.89. The number of anilines is 2. The Morgan fingerprint density at radius 3 is 2.44 bits per heavy atom. The molecule has 0 atom stereocenters. The van der Waals surface area contributed by atoms with Gasteiger partial charge in [0.1, 0.15) is 5.82 Å². The molecule has 0 radical (unpaired) electrons. The number of benzene rings is 1. The molecule has 5 nitrogen and oxygen atoms in total. The first-order chi connectivity index (χ1) is 12.2. The highest BCUT2D eigenvalue weighted by Crippen LogP contribution is 2.17. The van der Waals surface area contributed by atoms with E-state index < -0.39 is 0 Å². The Morgan fingerprint density at radius 1 is 1.08 bits per heavy atom. The third kappa shape index (κ3) is 4.95. The summed E-state index contributed by atoms with van der Waals surface area (Å²) in [6.07, 6.45) is 6.51. The minimum Gasteiger partial charge on any atom is -0.357 e. The maximum absolute atomic E-state index is 12.0. The van der Waals surface area contributed by atoms with Crippen molar-refractivity contribution in [1.29, 1.82) is 0 Å². The summed E-state index contributed by atoms with van der Waals surface area (Å²) in [4.78, 5) is 18.8. The Labute approximate surface area is 149 Å². The van der Waals surface area contributed by atoms with Gasteiger partial charge in [-0.25, -0.2) is 9.78 Å². The number of nitrogens with one attached hydrogen (secondary N) is 2. The summed E-state index contributed by atoms with van der Waals surface area (Å²) in [6.45, 7) is 4.80. The van der Waals surface area contributed by atoms with Gasteiger partial charge in [-0.2, -0.15) is 0 Å². The number of amides is 2. The molecule has 0 unspecified atom stereocenters. The lowest BCUT2D eigenvalue weighted by Crippen LogP contribution is -2.28. The third-order valence-electron chi connectivity index (χ3n) is 4.44. The van der Waals surface area contributed by atoms with Crippen LogP contribution in [0.5, 0.6) is 0 Å². The second-order valence-electron chi connectivity index (χ2n) is 6.47. The topological polar surface area (TPSA) is 57.3 Å². The van der Waals surface area contributed by atoms with Crippen LogP contribution in [0.25, 0.3) is 0 Å². The van der Waals surface area contributed by atoms with Crippen LogP contribution >= 0.6 is 0 Å². The van der Waals surface area contributed by atoms with Crippen LogP contribution in [0.2, 0.25) is 0 Å². The van der Waals surface area contributed by atoms with E-state index in [1.807, 2.05) is 30.5 Å². The zero-order chi connectivity index (χ0) is 17.5. The zero-order valence-corrected chi connectivity index (χ0v) is 14.8. The Balaban J connectivity index is 1.46. The first-order valence-corrected chi connectivity index (χ1v) is 9.08. The smallest absolute Gasteiger partial charge is 0.319 e. The van der Waals surface area contributed by atoms with Gasteiger partial charge in [-0.15, -0.1) is 0 Å². The van der Waals surface area contributed by atoms with Crippen molar-refractivity contribution in [3.05, 3.63) is 53.7 Å². The fourth-order valence-corrected chi connectivity index (χ4v) is 3.06. The number of urea groups is 1. The van der Waals surface area contributed by atoms with Gasteiger partial charge >= 0.3 is 6.03 Å². The van der Waals surface area contributed by atoms with E-state index in [2.05, 4.69) is 39.6 Å². The van der Waals surface area contributed by atoms with E-state index in [-0.39, 0.29) is 6.03 Å². The van der Waals surface area contributed by atoms with Crippen LogP contribution in [0.1, 0.15) is 37.3 Å². The summed E-state index contributed by atoms with van der Waals surface area (Å²) < 4.78 is 0. The summed E-state index contributed by atoms with van der Waals surface area (Å²) >= 11 is 0. The monoisotopic (exact) mass is 338 g/mol. The number of carbonyl (C=O) groups excluding carboxylic acids is 1. The summed E-state index contributed by atoms with van der Waals surface area (Å²) in [7, 11) is 0. The fourth-order valence-electron chi connectivity index (χ4n) is 3.06. The number of aromatic nitrogens is 1. The quantitative estimate of drug-likeness (QED) is 0.838. The summed E-state index contributed by atoms with van der Waals surface area (Å²) in [5, 5.41) is 5.73. The predicted octanol–water partition coefficient (Wildman–Crippen LogP) is 3.96. The molecule has 2 heterocycles. The molecule has 0 spiro atoms. The van der Waals surface area contributed by atoms with Crippen molar-refractivity contribution in [2.45, 2.75) is 39.2 Å². The molecular weight excluding hydrogens is 312 g/mol. The number of carbonyl (C=O) groups is 1. The molecule has 0 bridgehead atoms. The van der Waals surface area contributed by atoms with Crippen molar-refractivity contribution in [3.8, 4) is 0 Å². The summed E-state index contributed by atoms with van der Waals surface area (Å²) in [5.41, 5.74) is 3.09. The number of nitrogens with zero attached hydrogens (tertiary/aromatic N) is 2. The maximum Gasteiger partial charge on any atom is 0.319 e. The van der Waals surface area contributed by atoms with Crippen LogP contribution < -0.4 is 15.5 Å². The molecule has 3 rings (SSSR count). The highest BCUT2D eigenvalue weighted by Gasteiger charge is 2.13. The minimum absolute atomic E-state index is 0.202. The van der Waals surface area contributed by atoms with Crippen molar-refractivity contribution < 1.29 is 4.79 Å². The molecule has 1 aromatic carbocycles. The lowest BCUT2D eigenvalue weighted by atomic mass is 10.1. The van der Waals surface area contributed by atoms with Crippen molar-refractivity contribution in [2.75, 3.05) is 23.3 Å². The molecule has 1 aromatic heterocycles. The Kier molecular flexibility index (Phi) is 5.88. The number of rotatable bonds is 6. The molecule has 1 aliphatic rings. The van der Waals surface area contributed by atoms with Gasteiger partial charge in [0.2, 0.25) is 0 Å². The van der Waals surface area contributed by atoms with Crippen LogP contribution in [0, 0.1) is 0 Å². The standard InChI is InChI=1S/C20H26N4O/c1-2-5-16-6-9-18(10-7-16)23-20(25)22-15-17-8-11-19(21-14-17)24-12-3-4-13-24/h6-11,14H,2-5,12-13,15H2,1H3,(H2,22,23,25). The van der Waals surface area contributed by atoms with Crippen LogP contribution in [-0.4, -0.2) is 24.1 Å². The Hall–Kier alpha value is -2.56. The zero-order valence-electron chi connectivity index (χ0n) is 14.8. The van der Waals surface area contributed by atoms with Gasteiger partial charge in [0, 0.05) is 31.5 Å². The van der Waals surface area contributed by atoms with Crippen molar-refractivity contribution in [1.82, 2.24) is 10.3 Å². The van der Waals surface area contributed by atoms with Gasteiger partial charge in [-0.1, -0.05) is 31.5 Å². The van der Waals surface area contributed by atoms with Crippen molar-refractivity contribution in [2.24, 2.45) is 0 Å². The molecule has 1 saturated heterocycles. The number of pyridine rings is 1. The molecule has 25 heavy (non-hydrogen) atoms. The van der Waals surface area contributed by atoms with E-state index >= 15 is 0 Å². The number of hydrogen-bond acceptors (Lipinski definition) is 3. The number of aryl methyl sites for hydroxylation is 1. The van der Waals surface area contributed by atoms with Crippen molar-refractivity contribution in [3.63, 3.8) is 0 Å². The highest BCUT2D eigenvalue weighted by atomic mass is 16.2. The minimum atomic E-state index is -0.202. The SMILES string of the molecule is CCCc1ccc(NC(=O)NCc2ccc(N3CCCC3)nc2)cc1. The molecule has 2 amide bonds. The van der Waals surface area contributed by atoms with Crippen LogP contribution in [0.4, 0.5) is 16.3 Å². The molecule has 132 valence electrons.